The van der Waals surface area contributed by atoms with Crippen LogP contribution in [0.2, 0.25) is 0 Å². The Morgan fingerprint density at radius 2 is 1.45 bits per heavy atom. The van der Waals surface area contributed by atoms with Gasteiger partial charge in [0.25, 0.3) is 0 Å². The van der Waals surface area contributed by atoms with Crippen LogP contribution in [0.15, 0.2) is 53.5 Å². The largest absolute Gasteiger partial charge is 0.356 e. The van der Waals surface area contributed by atoms with Crippen LogP contribution < -0.4 is 10.6 Å². The van der Waals surface area contributed by atoms with Crippen LogP contribution in [0.5, 0.6) is 0 Å². The van der Waals surface area contributed by atoms with Crippen LogP contribution in [0, 0.1) is 0 Å². The molecule has 0 aromatic heterocycles. The number of hydrogen-bond acceptors (Lipinski definition) is 3. The molecule has 0 saturated heterocycles. The highest BCUT2D eigenvalue weighted by Crippen LogP contribution is 2.22. The normalized spacial score (nSPS) is 12.7. The molecule has 0 atom stereocenters. The minimum atomic E-state index is -3.01. The molecule has 5 nitrogen and oxygen atoms in total. The molecule has 0 spiro atoms. The molecule has 0 aliphatic carbocycles. The van der Waals surface area contributed by atoms with Gasteiger partial charge in [0, 0.05) is 26.4 Å². The van der Waals surface area contributed by atoms with E-state index in [1.165, 1.54) is 17.4 Å². The van der Waals surface area contributed by atoms with Gasteiger partial charge in [0.15, 0.2) is 15.8 Å². The van der Waals surface area contributed by atoms with Crippen LogP contribution in [0.3, 0.4) is 0 Å². The maximum absolute atomic E-state index is 11.4. The van der Waals surface area contributed by atoms with Crippen molar-refractivity contribution in [2.24, 2.45) is 4.99 Å². The van der Waals surface area contributed by atoms with E-state index >= 15 is 0 Å². The quantitative estimate of drug-likeness (QED) is 0.537. The van der Waals surface area contributed by atoms with Gasteiger partial charge in [-0.05, 0) is 34.1 Å². The van der Waals surface area contributed by atoms with Gasteiger partial charge < -0.3 is 10.6 Å². The number of nitrogens with one attached hydrogen (secondary N) is 2. The number of nitrogens with zero attached hydrogens (tertiary/aromatic N) is 1. The van der Waals surface area contributed by atoms with E-state index in [9.17, 15) is 8.42 Å². The molecule has 0 radical (unpaired) electrons. The van der Waals surface area contributed by atoms with Crippen molar-refractivity contribution in [3.05, 3.63) is 70.8 Å². The maximum Gasteiger partial charge on any atom is 0.191 e. The standard InChI is InChI=1S/C23H33N3O2S/c1-23(2,3)21-12-10-18(11-13-21)14-15-25-22(24-4)26-16-19-6-8-20(9-7-19)17-29(5,27)28/h6-13H,14-17H2,1-5H3,(H2,24,25,26). The Morgan fingerprint density at radius 3 is 1.97 bits per heavy atom. The average Bonchev–Trinajstić information content (AvgIpc) is 2.64. The molecule has 6 heteroatoms. The highest BCUT2D eigenvalue weighted by atomic mass is 32.2. The third-order valence-corrected chi connectivity index (χ3v) is 5.52. The first kappa shape index (κ1) is 22.9. The molecule has 0 saturated carbocycles. The summed E-state index contributed by atoms with van der Waals surface area (Å²) in [6.45, 7) is 8.08. The summed E-state index contributed by atoms with van der Waals surface area (Å²) in [5.41, 5.74) is 4.68. The summed E-state index contributed by atoms with van der Waals surface area (Å²) < 4.78 is 22.7. The molecule has 2 aromatic carbocycles. The molecule has 0 aliphatic rings. The van der Waals surface area contributed by atoms with Gasteiger partial charge in [-0.15, -0.1) is 0 Å². The summed E-state index contributed by atoms with van der Waals surface area (Å²) in [7, 11) is -1.25. The van der Waals surface area contributed by atoms with E-state index in [0.29, 0.717) is 6.54 Å². The zero-order valence-corrected chi connectivity index (χ0v) is 18.9. The Balaban J connectivity index is 1.79. The lowest BCUT2D eigenvalue weighted by Crippen LogP contribution is -2.37. The molecular formula is C23H33N3O2S. The molecule has 29 heavy (non-hydrogen) atoms. The predicted molar refractivity (Wildman–Crippen MR) is 122 cm³/mol. The second-order valence-corrected chi connectivity index (χ2v) is 10.6. The van der Waals surface area contributed by atoms with Crippen LogP contribution >= 0.6 is 0 Å². The number of hydrogen-bond donors (Lipinski definition) is 2. The maximum atomic E-state index is 11.4. The first-order valence-electron chi connectivity index (χ1n) is 9.86. The van der Waals surface area contributed by atoms with Crippen molar-refractivity contribution in [3.63, 3.8) is 0 Å². The van der Waals surface area contributed by atoms with Crippen molar-refractivity contribution < 1.29 is 8.42 Å². The summed E-state index contributed by atoms with van der Waals surface area (Å²) in [6, 6.07) is 16.4. The van der Waals surface area contributed by atoms with Crippen LogP contribution in [0.4, 0.5) is 0 Å². The van der Waals surface area contributed by atoms with Crippen molar-refractivity contribution in [3.8, 4) is 0 Å². The lowest BCUT2D eigenvalue weighted by Gasteiger charge is -2.19. The van der Waals surface area contributed by atoms with Gasteiger partial charge in [0.05, 0.1) is 5.75 Å². The lowest BCUT2D eigenvalue weighted by atomic mass is 9.86. The molecule has 2 rings (SSSR count). The molecule has 0 heterocycles. The van der Waals surface area contributed by atoms with Gasteiger partial charge >= 0.3 is 0 Å². The fourth-order valence-electron chi connectivity index (χ4n) is 2.96. The number of sulfone groups is 1. The predicted octanol–water partition coefficient (Wildman–Crippen LogP) is 3.44. The lowest BCUT2D eigenvalue weighted by molar-refractivity contribution is 0.590. The van der Waals surface area contributed by atoms with Gasteiger partial charge in [0.1, 0.15) is 0 Å². The Labute approximate surface area is 175 Å². The van der Waals surface area contributed by atoms with E-state index in [1.54, 1.807) is 7.05 Å². The number of benzene rings is 2. The first-order chi connectivity index (χ1) is 13.6. The van der Waals surface area contributed by atoms with E-state index in [2.05, 4.69) is 60.7 Å². The fourth-order valence-corrected chi connectivity index (χ4v) is 3.76. The molecule has 2 N–H and O–H groups in total. The second kappa shape index (κ2) is 9.92. The fraction of sp³-hybridized carbons (Fsp3) is 0.435. The van der Waals surface area contributed by atoms with E-state index in [0.717, 1.165) is 30.1 Å². The molecule has 0 fully saturated rings. The van der Waals surface area contributed by atoms with Crippen molar-refractivity contribution in [2.75, 3.05) is 19.8 Å². The summed E-state index contributed by atoms with van der Waals surface area (Å²) in [5, 5.41) is 6.62. The van der Waals surface area contributed by atoms with Crippen molar-refractivity contribution in [1.82, 2.24) is 10.6 Å². The Morgan fingerprint density at radius 1 is 0.897 bits per heavy atom. The van der Waals surface area contributed by atoms with Crippen LogP contribution in [-0.2, 0) is 34.0 Å². The molecule has 0 amide bonds. The second-order valence-electron chi connectivity index (χ2n) is 8.44. The van der Waals surface area contributed by atoms with Crippen LogP contribution in [-0.4, -0.2) is 34.2 Å². The van der Waals surface area contributed by atoms with Gasteiger partial charge in [-0.25, -0.2) is 8.42 Å². The van der Waals surface area contributed by atoms with Crippen LogP contribution in [0.25, 0.3) is 0 Å². The molecule has 0 unspecified atom stereocenters. The molecule has 2 aromatic rings. The summed E-state index contributed by atoms with van der Waals surface area (Å²) in [4.78, 5) is 4.26. The number of guanidine groups is 1. The number of rotatable bonds is 7. The molecular weight excluding hydrogens is 382 g/mol. The zero-order valence-electron chi connectivity index (χ0n) is 18.1. The molecule has 158 valence electrons. The van der Waals surface area contributed by atoms with Crippen molar-refractivity contribution in [1.29, 1.82) is 0 Å². The summed E-state index contributed by atoms with van der Waals surface area (Å²) >= 11 is 0. The van der Waals surface area contributed by atoms with Crippen molar-refractivity contribution in [2.45, 2.75) is 44.9 Å². The number of aliphatic imine (C=N–C) groups is 1. The van der Waals surface area contributed by atoms with E-state index in [-0.39, 0.29) is 11.2 Å². The molecule has 0 aliphatic heterocycles. The summed E-state index contributed by atoms with van der Waals surface area (Å²) in [6.07, 6.45) is 2.17. The van der Waals surface area contributed by atoms with Gasteiger partial charge in [0.2, 0.25) is 0 Å². The van der Waals surface area contributed by atoms with Gasteiger partial charge in [-0.2, -0.15) is 0 Å². The topological polar surface area (TPSA) is 70.6 Å². The minimum Gasteiger partial charge on any atom is -0.356 e. The third kappa shape index (κ3) is 8.28. The monoisotopic (exact) mass is 415 g/mol. The Kier molecular flexibility index (Phi) is 7.85. The van der Waals surface area contributed by atoms with Crippen LogP contribution in [0.1, 0.15) is 43.0 Å². The highest BCUT2D eigenvalue weighted by Gasteiger charge is 2.12. The molecule has 0 bridgehead atoms. The van der Waals surface area contributed by atoms with E-state index in [1.807, 2.05) is 24.3 Å². The third-order valence-electron chi connectivity index (χ3n) is 4.66. The van der Waals surface area contributed by atoms with Gasteiger partial charge in [-0.1, -0.05) is 69.3 Å². The van der Waals surface area contributed by atoms with E-state index in [4.69, 9.17) is 0 Å². The first-order valence-corrected chi connectivity index (χ1v) is 11.9. The smallest absolute Gasteiger partial charge is 0.191 e. The zero-order chi connectivity index (χ0) is 21.5. The average molecular weight is 416 g/mol. The minimum absolute atomic E-state index is 0.0701. The summed E-state index contributed by atoms with van der Waals surface area (Å²) in [5.74, 6) is 0.817. The SMILES string of the molecule is CN=C(NCCc1ccc(C(C)(C)C)cc1)NCc1ccc(CS(C)(=O)=O)cc1. The van der Waals surface area contributed by atoms with Gasteiger partial charge in [-0.3, -0.25) is 4.99 Å². The highest BCUT2D eigenvalue weighted by molar-refractivity contribution is 7.89. The van der Waals surface area contributed by atoms with E-state index < -0.39 is 9.84 Å². The Bertz CT molecular complexity index is 910. The van der Waals surface area contributed by atoms with Crippen molar-refractivity contribution >= 4 is 15.8 Å². The Hall–Kier alpha value is -2.34.